The summed E-state index contributed by atoms with van der Waals surface area (Å²) in [7, 11) is 0. The summed E-state index contributed by atoms with van der Waals surface area (Å²) in [5.41, 5.74) is 6.72. The van der Waals surface area contributed by atoms with Crippen molar-refractivity contribution >= 4 is 27.5 Å². The summed E-state index contributed by atoms with van der Waals surface area (Å²) in [5, 5.41) is 8.82. The highest BCUT2D eigenvalue weighted by Gasteiger charge is 2.25. The minimum atomic E-state index is -0.553. The van der Waals surface area contributed by atoms with Crippen LogP contribution in [0.2, 0.25) is 0 Å². The number of morpholine rings is 1. The van der Waals surface area contributed by atoms with Crippen LogP contribution in [0.25, 0.3) is 0 Å². The van der Waals surface area contributed by atoms with Gasteiger partial charge in [-0.25, -0.2) is 0 Å². The number of carbonyl (C=O) groups excluding carboxylic acids is 1. The van der Waals surface area contributed by atoms with Crippen molar-refractivity contribution in [2.24, 2.45) is 0 Å². The van der Waals surface area contributed by atoms with Crippen LogP contribution >= 0.6 is 15.9 Å². The van der Waals surface area contributed by atoms with Crippen molar-refractivity contribution in [2.45, 2.75) is 6.10 Å². The van der Waals surface area contributed by atoms with Gasteiger partial charge in [-0.2, -0.15) is 5.26 Å². The Morgan fingerprint density at radius 1 is 1.61 bits per heavy atom. The average Bonchev–Trinajstić information content (AvgIpc) is 2.41. The van der Waals surface area contributed by atoms with Crippen LogP contribution in [-0.4, -0.2) is 36.6 Å². The highest BCUT2D eigenvalue weighted by molar-refractivity contribution is 9.10. The highest BCUT2D eigenvalue weighted by Crippen LogP contribution is 2.22. The molecule has 2 rings (SSSR count). The van der Waals surface area contributed by atoms with Gasteiger partial charge in [0.2, 0.25) is 0 Å². The number of ether oxygens (including phenoxy) is 1. The predicted molar refractivity (Wildman–Crippen MR) is 69.8 cm³/mol. The molecule has 1 unspecified atom stereocenters. The Kier molecular flexibility index (Phi) is 3.84. The minimum absolute atomic E-state index is 0.141. The molecule has 1 atom stereocenters. The molecule has 0 saturated carbocycles. The Hall–Kier alpha value is -1.58. The van der Waals surface area contributed by atoms with Crippen molar-refractivity contribution < 1.29 is 9.53 Å². The van der Waals surface area contributed by atoms with Crippen LogP contribution in [0.4, 0.5) is 5.69 Å². The van der Waals surface area contributed by atoms with Gasteiger partial charge in [-0.05, 0) is 34.1 Å². The van der Waals surface area contributed by atoms with E-state index in [1.807, 2.05) is 6.07 Å². The van der Waals surface area contributed by atoms with Crippen molar-refractivity contribution in [1.29, 1.82) is 5.26 Å². The third-order valence-corrected chi connectivity index (χ3v) is 3.41. The van der Waals surface area contributed by atoms with Gasteiger partial charge in [-0.1, -0.05) is 0 Å². The summed E-state index contributed by atoms with van der Waals surface area (Å²) < 4.78 is 5.90. The molecule has 1 aliphatic heterocycles. The number of halogens is 1. The summed E-state index contributed by atoms with van der Waals surface area (Å²) in [6, 6.07) is 7.10. The molecule has 1 saturated heterocycles. The fourth-order valence-electron chi connectivity index (χ4n) is 1.79. The Balaban J connectivity index is 2.21. The molecule has 6 heteroatoms. The van der Waals surface area contributed by atoms with E-state index >= 15 is 0 Å². The number of benzene rings is 1. The number of nitrogens with two attached hydrogens (primary N) is 1. The normalized spacial score (nSPS) is 19.3. The van der Waals surface area contributed by atoms with Crippen molar-refractivity contribution in [2.75, 3.05) is 25.4 Å². The lowest BCUT2D eigenvalue weighted by Gasteiger charge is -2.30. The fraction of sp³-hybridized carbons (Fsp3) is 0.333. The molecule has 1 heterocycles. The number of nitrogen functional groups attached to an aromatic ring is 1. The van der Waals surface area contributed by atoms with E-state index in [2.05, 4.69) is 15.9 Å². The van der Waals surface area contributed by atoms with Crippen molar-refractivity contribution in [1.82, 2.24) is 4.90 Å². The molecule has 1 aromatic carbocycles. The third-order valence-electron chi connectivity index (χ3n) is 2.72. The number of nitrogens with zero attached hydrogens (tertiary/aromatic N) is 2. The summed E-state index contributed by atoms with van der Waals surface area (Å²) in [6.45, 7) is 1.15. The maximum absolute atomic E-state index is 12.3. The van der Waals surface area contributed by atoms with E-state index in [1.54, 1.807) is 23.1 Å². The SMILES string of the molecule is N#CC1CN(C(=O)c2cc(N)ccc2Br)CCO1. The zero-order valence-electron chi connectivity index (χ0n) is 9.60. The number of anilines is 1. The van der Waals surface area contributed by atoms with Gasteiger partial charge in [0, 0.05) is 16.7 Å². The Morgan fingerprint density at radius 3 is 3.11 bits per heavy atom. The summed E-state index contributed by atoms with van der Waals surface area (Å²) in [6.07, 6.45) is -0.553. The van der Waals surface area contributed by atoms with Gasteiger partial charge >= 0.3 is 0 Å². The Bertz CT molecular complexity index is 513. The Morgan fingerprint density at radius 2 is 2.39 bits per heavy atom. The highest BCUT2D eigenvalue weighted by atomic mass is 79.9. The predicted octanol–water partition coefficient (Wildman–Crippen LogP) is 1.40. The topological polar surface area (TPSA) is 79.4 Å². The molecule has 0 spiro atoms. The van der Waals surface area contributed by atoms with Crippen LogP contribution in [0.1, 0.15) is 10.4 Å². The molecule has 0 aromatic heterocycles. The maximum Gasteiger partial charge on any atom is 0.255 e. The quantitative estimate of drug-likeness (QED) is 0.795. The van der Waals surface area contributed by atoms with E-state index in [9.17, 15) is 4.79 Å². The summed E-state index contributed by atoms with van der Waals surface area (Å²) >= 11 is 3.33. The second-order valence-corrected chi connectivity index (χ2v) is 4.83. The number of amides is 1. The number of hydrogen-bond acceptors (Lipinski definition) is 4. The zero-order valence-corrected chi connectivity index (χ0v) is 11.2. The first-order valence-corrected chi connectivity index (χ1v) is 6.26. The first-order valence-electron chi connectivity index (χ1n) is 5.47. The molecule has 1 aromatic rings. The second-order valence-electron chi connectivity index (χ2n) is 3.98. The second kappa shape index (κ2) is 5.38. The van der Waals surface area contributed by atoms with Gasteiger partial charge < -0.3 is 15.4 Å². The minimum Gasteiger partial charge on any atom is -0.399 e. The van der Waals surface area contributed by atoms with Gasteiger partial charge in [-0.3, -0.25) is 4.79 Å². The summed E-state index contributed by atoms with van der Waals surface area (Å²) in [5.74, 6) is -0.141. The van der Waals surface area contributed by atoms with Gasteiger partial charge in [0.15, 0.2) is 6.10 Å². The first kappa shape index (κ1) is 12.9. The third kappa shape index (κ3) is 2.63. The van der Waals surface area contributed by atoms with Gasteiger partial charge in [0.05, 0.1) is 24.8 Å². The van der Waals surface area contributed by atoms with Gasteiger partial charge in [0.25, 0.3) is 5.91 Å². The molecule has 5 nitrogen and oxygen atoms in total. The van der Waals surface area contributed by atoms with E-state index in [0.29, 0.717) is 28.9 Å². The molecule has 18 heavy (non-hydrogen) atoms. The number of nitriles is 1. The maximum atomic E-state index is 12.3. The van der Waals surface area contributed by atoms with E-state index in [1.165, 1.54) is 0 Å². The molecule has 94 valence electrons. The van der Waals surface area contributed by atoms with Crippen LogP contribution in [0, 0.1) is 11.3 Å². The van der Waals surface area contributed by atoms with E-state index < -0.39 is 6.10 Å². The smallest absolute Gasteiger partial charge is 0.255 e. The standard InChI is InChI=1S/C12H12BrN3O2/c13-11-2-1-8(15)5-10(11)12(17)16-3-4-18-9(6-14)7-16/h1-2,5,9H,3-4,7,15H2. The molecule has 2 N–H and O–H groups in total. The molecule has 0 radical (unpaired) electrons. The van der Waals surface area contributed by atoms with Crippen molar-refractivity contribution in [3.63, 3.8) is 0 Å². The van der Waals surface area contributed by atoms with Crippen LogP contribution in [-0.2, 0) is 4.74 Å². The van der Waals surface area contributed by atoms with Crippen LogP contribution in [0.5, 0.6) is 0 Å². The number of hydrogen-bond donors (Lipinski definition) is 1. The van der Waals surface area contributed by atoms with Crippen molar-refractivity contribution in [3.8, 4) is 6.07 Å². The first-order chi connectivity index (χ1) is 8.61. The molecule has 1 aliphatic rings. The Labute approximate surface area is 113 Å². The number of carbonyl (C=O) groups is 1. The van der Waals surface area contributed by atoms with Crippen LogP contribution in [0.3, 0.4) is 0 Å². The lowest BCUT2D eigenvalue weighted by Crippen LogP contribution is -2.45. The van der Waals surface area contributed by atoms with Crippen LogP contribution < -0.4 is 5.73 Å². The van der Waals surface area contributed by atoms with Crippen LogP contribution in [0.15, 0.2) is 22.7 Å². The van der Waals surface area contributed by atoms with Crippen molar-refractivity contribution in [3.05, 3.63) is 28.2 Å². The molecule has 0 bridgehead atoms. The fourth-order valence-corrected chi connectivity index (χ4v) is 2.21. The summed E-state index contributed by atoms with van der Waals surface area (Å²) in [4.78, 5) is 13.9. The molecule has 1 fully saturated rings. The molecule has 1 amide bonds. The lowest BCUT2D eigenvalue weighted by atomic mass is 10.1. The monoisotopic (exact) mass is 309 g/mol. The largest absolute Gasteiger partial charge is 0.399 e. The van der Waals surface area contributed by atoms with E-state index in [4.69, 9.17) is 15.7 Å². The molecular weight excluding hydrogens is 298 g/mol. The van der Waals surface area contributed by atoms with E-state index in [0.717, 1.165) is 0 Å². The molecule has 0 aliphatic carbocycles. The van der Waals surface area contributed by atoms with Gasteiger partial charge in [-0.15, -0.1) is 0 Å². The molecular formula is C12H12BrN3O2. The van der Waals surface area contributed by atoms with E-state index in [-0.39, 0.29) is 12.5 Å². The van der Waals surface area contributed by atoms with Gasteiger partial charge in [0.1, 0.15) is 0 Å². The average molecular weight is 310 g/mol. The zero-order chi connectivity index (χ0) is 13.1. The lowest BCUT2D eigenvalue weighted by molar-refractivity contribution is 0.00343. The number of rotatable bonds is 1.